The molecule has 2 N–H and O–H groups in total. The highest BCUT2D eigenvalue weighted by Gasteiger charge is 2.57. The summed E-state index contributed by atoms with van der Waals surface area (Å²) in [4.78, 5) is 0. The Morgan fingerprint density at radius 2 is 2.08 bits per heavy atom. The molecule has 0 aromatic rings. The van der Waals surface area contributed by atoms with Gasteiger partial charge in [-0.2, -0.15) is 0 Å². The number of fused-ring (bicyclic) bond motifs is 1. The van der Waals surface area contributed by atoms with E-state index in [9.17, 15) is 5.11 Å². The Morgan fingerprint density at radius 3 is 2.67 bits per heavy atom. The molecule has 5 nitrogen and oxygen atoms in total. The fourth-order valence-corrected chi connectivity index (χ4v) is 1.51. The molecule has 2 rings (SSSR count). The summed E-state index contributed by atoms with van der Waals surface area (Å²) in [5.74, 6) is 0. The lowest BCUT2D eigenvalue weighted by Gasteiger charge is -2.28. The SMILES string of the molecule is COC1O[C@H](CO)[C@@H](O)[C@H]2O[C@@H]12. The first kappa shape index (κ1) is 8.40. The van der Waals surface area contributed by atoms with Crippen LogP contribution in [0.3, 0.4) is 0 Å². The first-order valence-corrected chi connectivity index (χ1v) is 3.90. The van der Waals surface area contributed by atoms with Crippen molar-refractivity contribution in [2.75, 3.05) is 13.7 Å². The molecular formula is C7H12O5. The van der Waals surface area contributed by atoms with E-state index in [1.54, 1.807) is 0 Å². The number of epoxide rings is 1. The van der Waals surface area contributed by atoms with Crippen molar-refractivity contribution in [2.24, 2.45) is 0 Å². The molecule has 2 heterocycles. The molecular weight excluding hydrogens is 164 g/mol. The molecule has 70 valence electrons. The van der Waals surface area contributed by atoms with Crippen molar-refractivity contribution in [3.05, 3.63) is 0 Å². The first-order valence-electron chi connectivity index (χ1n) is 3.90. The van der Waals surface area contributed by atoms with Crippen molar-refractivity contribution >= 4 is 0 Å². The van der Waals surface area contributed by atoms with Crippen molar-refractivity contribution in [1.29, 1.82) is 0 Å². The zero-order valence-electron chi connectivity index (χ0n) is 6.71. The molecule has 2 fully saturated rings. The molecule has 2 aliphatic rings. The Bertz CT molecular complexity index is 173. The van der Waals surface area contributed by atoms with Crippen LogP contribution < -0.4 is 0 Å². The molecule has 0 aliphatic carbocycles. The van der Waals surface area contributed by atoms with Crippen LogP contribution in [0.2, 0.25) is 0 Å². The fraction of sp³-hybridized carbons (Fsp3) is 1.00. The van der Waals surface area contributed by atoms with Gasteiger partial charge in [0, 0.05) is 7.11 Å². The Morgan fingerprint density at radius 1 is 1.33 bits per heavy atom. The normalized spacial score (nSPS) is 51.8. The van der Waals surface area contributed by atoms with E-state index >= 15 is 0 Å². The van der Waals surface area contributed by atoms with E-state index < -0.39 is 18.5 Å². The molecule has 0 radical (unpaired) electrons. The van der Waals surface area contributed by atoms with Gasteiger partial charge in [-0.1, -0.05) is 0 Å². The van der Waals surface area contributed by atoms with E-state index in [1.165, 1.54) is 7.11 Å². The second-order valence-corrected chi connectivity index (χ2v) is 3.02. The van der Waals surface area contributed by atoms with E-state index in [1.807, 2.05) is 0 Å². The summed E-state index contributed by atoms with van der Waals surface area (Å²) < 4.78 is 15.3. The molecule has 2 aliphatic heterocycles. The third kappa shape index (κ3) is 1.14. The molecule has 5 heteroatoms. The summed E-state index contributed by atoms with van der Waals surface area (Å²) in [5, 5.41) is 18.2. The first-order chi connectivity index (χ1) is 5.77. The number of rotatable bonds is 2. The zero-order chi connectivity index (χ0) is 8.72. The van der Waals surface area contributed by atoms with Crippen molar-refractivity contribution in [3.8, 4) is 0 Å². The lowest BCUT2D eigenvalue weighted by atomic mass is 10.1. The van der Waals surface area contributed by atoms with Crippen LogP contribution in [0, 0.1) is 0 Å². The number of ether oxygens (including phenoxy) is 3. The van der Waals surface area contributed by atoms with Gasteiger partial charge in [0.25, 0.3) is 0 Å². The predicted octanol–water partition coefficient (Wildman–Crippen LogP) is -1.52. The molecule has 12 heavy (non-hydrogen) atoms. The van der Waals surface area contributed by atoms with Gasteiger partial charge in [0.05, 0.1) is 6.61 Å². The van der Waals surface area contributed by atoms with Gasteiger partial charge in [-0.25, -0.2) is 0 Å². The minimum atomic E-state index is -0.730. The second kappa shape index (κ2) is 2.93. The highest BCUT2D eigenvalue weighted by molar-refractivity contribution is 5.00. The molecule has 0 amide bonds. The van der Waals surface area contributed by atoms with E-state index in [-0.39, 0.29) is 18.8 Å². The minimum absolute atomic E-state index is 0.159. The summed E-state index contributed by atoms with van der Waals surface area (Å²) in [5.41, 5.74) is 0. The van der Waals surface area contributed by atoms with Gasteiger partial charge >= 0.3 is 0 Å². The topological polar surface area (TPSA) is 71.5 Å². The number of hydrogen-bond donors (Lipinski definition) is 2. The van der Waals surface area contributed by atoms with Crippen LogP contribution in [0.4, 0.5) is 0 Å². The zero-order valence-corrected chi connectivity index (χ0v) is 6.71. The van der Waals surface area contributed by atoms with Crippen LogP contribution in [0.25, 0.3) is 0 Å². The Kier molecular flexibility index (Phi) is 2.05. The van der Waals surface area contributed by atoms with Gasteiger partial charge in [0.15, 0.2) is 6.29 Å². The Balaban J connectivity index is 2.01. The van der Waals surface area contributed by atoms with Gasteiger partial charge in [-0.3, -0.25) is 0 Å². The van der Waals surface area contributed by atoms with Gasteiger partial charge in [-0.05, 0) is 0 Å². The third-order valence-corrected chi connectivity index (χ3v) is 2.27. The van der Waals surface area contributed by atoms with Crippen LogP contribution in [0.5, 0.6) is 0 Å². The van der Waals surface area contributed by atoms with Crippen molar-refractivity contribution in [1.82, 2.24) is 0 Å². The van der Waals surface area contributed by atoms with E-state index in [4.69, 9.17) is 19.3 Å². The Labute approximate surface area is 69.8 Å². The standard InChI is InChI=1S/C7H12O5/c1-10-7-6-5(12-6)4(9)3(2-8)11-7/h3-9H,2H2,1H3/t3-,4-,5-,6-,7?/m1/s1. The average molecular weight is 176 g/mol. The molecule has 0 aromatic heterocycles. The van der Waals surface area contributed by atoms with Crippen LogP contribution in [-0.4, -0.2) is 54.6 Å². The van der Waals surface area contributed by atoms with Crippen LogP contribution in [0.1, 0.15) is 0 Å². The Hall–Kier alpha value is -0.200. The third-order valence-electron chi connectivity index (χ3n) is 2.27. The number of aliphatic hydroxyl groups is 2. The number of aliphatic hydroxyl groups excluding tert-OH is 2. The van der Waals surface area contributed by atoms with Crippen molar-refractivity contribution in [2.45, 2.75) is 30.7 Å². The van der Waals surface area contributed by atoms with Gasteiger partial charge in [0.1, 0.15) is 24.4 Å². The van der Waals surface area contributed by atoms with Crippen molar-refractivity contribution < 1.29 is 24.4 Å². The average Bonchev–Trinajstić information content (AvgIpc) is 2.85. The lowest BCUT2D eigenvalue weighted by molar-refractivity contribution is -0.207. The van der Waals surface area contributed by atoms with Crippen LogP contribution in [-0.2, 0) is 14.2 Å². The van der Waals surface area contributed by atoms with E-state index in [2.05, 4.69) is 0 Å². The molecule has 1 unspecified atom stereocenters. The van der Waals surface area contributed by atoms with Gasteiger partial charge in [-0.15, -0.1) is 0 Å². The largest absolute Gasteiger partial charge is 0.394 e. The second-order valence-electron chi connectivity index (χ2n) is 3.02. The maximum absolute atomic E-state index is 9.43. The molecule has 0 aromatic carbocycles. The maximum Gasteiger partial charge on any atom is 0.186 e. The van der Waals surface area contributed by atoms with Crippen LogP contribution in [0.15, 0.2) is 0 Å². The van der Waals surface area contributed by atoms with Gasteiger partial charge < -0.3 is 24.4 Å². The number of methoxy groups -OCH3 is 1. The predicted molar refractivity (Wildman–Crippen MR) is 37.4 cm³/mol. The summed E-state index contributed by atoms with van der Waals surface area (Å²) in [6.45, 7) is -0.215. The maximum atomic E-state index is 9.43. The highest BCUT2D eigenvalue weighted by Crippen LogP contribution is 2.37. The molecule has 5 atom stereocenters. The minimum Gasteiger partial charge on any atom is -0.394 e. The fourth-order valence-electron chi connectivity index (χ4n) is 1.51. The quantitative estimate of drug-likeness (QED) is 0.500. The molecule has 0 spiro atoms. The van der Waals surface area contributed by atoms with Crippen LogP contribution >= 0.6 is 0 Å². The summed E-state index contributed by atoms with van der Waals surface area (Å²) >= 11 is 0. The molecule has 0 saturated carbocycles. The summed E-state index contributed by atoms with van der Waals surface area (Å²) in [7, 11) is 1.51. The smallest absolute Gasteiger partial charge is 0.186 e. The van der Waals surface area contributed by atoms with E-state index in [0.717, 1.165) is 0 Å². The van der Waals surface area contributed by atoms with Gasteiger partial charge in [0.2, 0.25) is 0 Å². The summed E-state index contributed by atoms with van der Waals surface area (Å²) in [6, 6.07) is 0. The van der Waals surface area contributed by atoms with Crippen molar-refractivity contribution in [3.63, 3.8) is 0 Å². The van der Waals surface area contributed by atoms with E-state index in [0.29, 0.717) is 0 Å². The lowest BCUT2D eigenvalue weighted by Crippen LogP contribution is -2.47. The number of hydrogen-bond acceptors (Lipinski definition) is 5. The monoisotopic (exact) mass is 176 g/mol. The highest BCUT2D eigenvalue weighted by atomic mass is 16.7. The molecule has 0 bridgehead atoms. The summed E-state index contributed by atoms with van der Waals surface area (Å²) in [6.07, 6.45) is -2.14. The molecule has 2 saturated heterocycles.